The first-order valence-electron chi connectivity index (χ1n) is 15.9. The van der Waals surface area contributed by atoms with Crippen LogP contribution in [0.2, 0.25) is 0 Å². The molecule has 4 rings (SSSR count). The molecule has 0 radical (unpaired) electrons. The fourth-order valence-corrected chi connectivity index (χ4v) is 6.29. The Kier molecular flexibility index (Phi) is 14.2. The summed E-state index contributed by atoms with van der Waals surface area (Å²) in [5, 5.41) is 119. The van der Waals surface area contributed by atoms with Crippen LogP contribution in [0.15, 0.2) is 0 Å². The van der Waals surface area contributed by atoms with E-state index in [2.05, 4.69) is 10.6 Å². The summed E-state index contributed by atoms with van der Waals surface area (Å²) in [6.07, 6.45) is -30.0. The first-order chi connectivity index (χ1) is 23.5. The van der Waals surface area contributed by atoms with Crippen LogP contribution in [0, 0.1) is 0 Å². The summed E-state index contributed by atoms with van der Waals surface area (Å²) in [6, 6.07) is -3.11. The molecule has 4 heterocycles. The Labute approximate surface area is 285 Å². The van der Waals surface area contributed by atoms with Crippen molar-refractivity contribution in [3.63, 3.8) is 0 Å². The zero-order valence-electron chi connectivity index (χ0n) is 27.3. The molecule has 20 atom stereocenters. The topological polar surface area (TPSA) is 345 Å². The Morgan fingerprint density at radius 2 is 0.980 bits per heavy atom. The second-order valence-corrected chi connectivity index (χ2v) is 12.6. The predicted octanol–water partition coefficient (Wildman–Crippen LogP) is -8.43. The van der Waals surface area contributed by atoms with E-state index in [1.165, 1.54) is 6.92 Å². The van der Waals surface area contributed by atoms with Crippen molar-refractivity contribution in [3.8, 4) is 0 Å². The fraction of sp³-hybridized carbons (Fsp3) is 0.929. The molecule has 0 unspecified atom stereocenters. The van der Waals surface area contributed by atoms with Gasteiger partial charge < -0.3 is 100.0 Å². The normalized spacial score (nSPS) is 48.5. The highest BCUT2D eigenvalue weighted by Crippen LogP contribution is 2.34. The van der Waals surface area contributed by atoms with Crippen LogP contribution in [0.1, 0.15) is 20.8 Å². The number of carbonyl (C=O) groups excluding carboxylic acids is 2. The lowest BCUT2D eigenvalue weighted by atomic mass is 9.93. The molecular weight excluding hydrogens is 684 g/mol. The summed E-state index contributed by atoms with van der Waals surface area (Å²) in [7, 11) is 0. The van der Waals surface area contributed by atoms with E-state index in [1.807, 2.05) is 0 Å². The quantitative estimate of drug-likeness (QED) is 0.0938. The van der Waals surface area contributed by atoms with Crippen molar-refractivity contribution in [2.24, 2.45) is 0 Å². The molecule has 0 aromatic heterocycles. The van der Waals surface area contributed by atoms with Crippen molar-refractivity contribution in [1.29, 1.82) is 0 Å². The van der Waals surface area contributed by atoms with Gasteiger partial charge in [-0.25, -0.2) is 0 Å². The van der Waals surface area contributed by atoms with Gasteiger partial charge in [-0.1, -0.05) is 0 Å². The molecule has 0 aromatic rings. The Morgan fingerprint density at radius 1 is 0.520 bits per heavy atom. The fourth-order valence-electron chi connectivity index (χ4n) is 6.29. The molecule has 0 bridgehead atoms. The SMILES string of the molecule is CC(=O)N[C@@H]1[C@@H](O[C@@H]2O[C@@H](C)[C@@H](O)[C@@H](O)[C@@H]2O)[C@H](O[C@@H]2O[C@H](CO)[C@@H](O[C@H]3O[C@H](CO)[C@@H](O)[C@H](O)[C@@H]3O)[C@H](O)[C@H]2NC(C)=O)[C@@H](CO)O[C@H]1O. The first-order valence-corrected chi connectivity index (χ1v) is 15.9. The highest BCUT2D eigenvalue weighted by atomic mass is 16.8. The predicted molar refractivity (Wildman–Crippen MR) is 156 cm³/mol. The minimum atomic E-state index is -1.91. The number of nitrogens with one attached hydrogen (secondary N) is 2. The average molecular weight is 733 g/mol. The standard InChI is InChI=1S/C28H48N2O20/c1-7-15(36)18(39)20(41)27(44-7)50-24-14(30-9(3)35)25(43)45-12(6-33)23(24)49-26-13(29-8(2)34)17(38)22(11(5-32)47-26)48-28-21(42)19(40)16(37)10(4-31)46-28/h7,10-28,31-33,36-43H,4-6H2,1-3H3,(H,29,34)(H,30,35)/t7-,10+,11+,12+,13+,14+,15+,16+,17+,18+,19-,20-,21-,22+,23+,24+,25+,26-,27-,28+/m0/s1. The molecule has 22 nitrogen and oxygen atoms in total. The molecule has 22 heteroatoms. The minimum Gasteiger partial charge on any atom is -0.394 e. The second kappa shape index (κ2) is 17.4. The number of hydrogen-bond donors (Lipinski definition) is 13. The molecule has 4 saturated heterocycles. The monoisotopic (exact) mass is 732 g/mol. The van der Waals surface area contributed by atoms with Gasteiger partial charge in [0, 0.05) is 13.8 Å². The van der Waals surface area contributed by atoms with Crippen LogP contribution in [0.3, 0.4) is 0 Å². The van der Waals surface area contributed by atoms with E-state index < -0.39 is 154 Å². The van der Waals surface area contributed by atoms with E-state index in [4.69, 9.17) is 33.2 Å². The molecule has 0 aromatic carbocycles. The lowest BCUT2D eigenvalue weighted by Gasteiger charge is -2.50. The van der Waals surface area contributed by atoms with Gasteiger partial charge in [0.15, 0.2) is 25.2 Å². The van der Waals surface area contributed by atoms with Gasteiger partial charge in [-0.15, -0.1) is 0 Å². The molecule has 4 fully saturated rings. The zero-order valence-corrected chi connectivity index (χ0v) is 27.3. The third kappa shape index (κ3) is 8.70. The number of rotatable bonds is 11. The van der Waals surface area contributed by atoms with E-state index in [9.17, 15) is 65.8 Å². The van der Waals surface area contributed by atoms with Gasteiger partial charge in [-0.2, -0.15) is 0 Å². The number of ether oxygens (including phenoxy) is 7. The van der Waals surface area contributed by atoms with E-state index in [0.717, 1.165) is 13.8 Å². The summed E-state index contributed by atoms with van der Waals surface area (Å²) < 4.78 is 40.0. The number of aliphatic hydroxyl groups is 11. The van der Waals surface area contributed by atoms with E-state index >= 15 is 0 Å². The largest absolute Gasteiger partial charge is 0.394 e. The van der Waals surface area contributed by atoms with Crippen molar-refractivity contribution in [2.45, 2.75) is 143 Å². The van der Waals surface area contributed by atoms with Gasteiger partial charge in [0.25, 0.3) is 0 Å². The Bertz CT molecular complexity index is 1120. The molecule has 4 aliphatic rings. The number of aliphatic hydroxyl groups excluding tert-OH is 11. The highest BCUT2D eigenvalue weighted by Gasteiger charge is 2.56. The summed E-state index contributed by atoms with van der Waals surface area (Å²) >= 11 is 0. The summed E-state index contributed by atoms with van der Waals surface area (Å²) in [5.74, 6) is -1.44. The summed E-state index contributed by atoms with van der Waals surface area (Å²) in [4.78, 5) is 24.5. The summed E-state index contributed by atoms with van der Waals surface area (Å²) in [5.41, 5.74) is 0. The lowest BCUT2D eigenvalue weighted by Crippen LogP contribution is -2.71. The van der Waals surface area contributed by atoms with Crippen molar-refractivity contribution in [1.82, 2.24) is 10.6 Å². The van der Waals surface area contributed by atoms with Gasteiger partial charge in [0.2, 0.25) is 11.8 Å². The van der Waals surface area contributed by atoms with E-state index in [-0.39, 0.29) is 0 Å². The maximum atomic E-state index is 12.3. The molecule has 290 valence electrons. The van der Waals surface area contributed by atoms with Crippen LogP contribution >= 0.6 is 0 Å². The Balaban J connectivity index is 1.66. The number of amides is 2. The second-order valence-electron chi connectivity index (χ2n) is 12.6. The van der Waals surface area contributed by atoms with Crippen LogP contribution in [-0.2, 0) is 42.7 Å². The maximum Gasteiger partial charge on any atom is 0.217 e. The number of carbonyl (C=O) groups is 2. The highest BCUT2D eigenvalue weighted by molar-refractivity contribution is 5.73. The summed E-state index contributed by atoms with van der Waals surface area (Å²) in [6.45, 7) is 0.985. The van der Waals surface area contributed by atoms with Crippen molar-refractivity contribution < 1.29 is 98.9 Å². The van der Waals surface area contributed by atoms with Gasteiger partial charge in [-0.3, -0.25) is 9.59 Å². The smallest absolute Gasteiger partial charge is 0.217 e. The average Bonchev–Trinajstić information content (AvgIpc) is 3.07. The Morgan fingerprint density at radius 3 is 1.54 bits per heavy atom. The van der Waals surface area contributed by atoms with E-state index in [1.54, 1.807) is 0 Å². The Hall–Kier alpha value is -1.78. The first kappa shape index (κ1) is 41.0. The van der Waals surface area contributed by atoms with Gasteiger partial charge >= 0.3 is 0 Å². The van der Waals surface area contributed by atoms with Gasteiger partial charge in [-0.05, 0) is 6.92 Å². The zero-order chi connectivity index (χ0) is 37.2. The maximum absolute atomic E-state index is 12.3. The van der Waals surface area contributed by atoms with Gasteiger partial charge in [0.05, 0.1) is 25.9 Å². The molecule has 0 spiro atoms. The van der Waals surface area contributed by atoms with Crippen molar-refractivity contribution in [3.05, 3.63) is 0 Å². The molecular formula is C28H48N2O20. The molecule has 0 aliphatic carbocycles. The molecule has 50 heavy (non-hydrogen) atoms. The third-order valence-electron chi connectivity index (χ3n) is 8.97. The van der Waals surface area contributed by atoms with Crippen LogP contribution in [0.5, 0.6) is 0 Å². The third-order valence-corrected chi connectivity index (χ3v) is 8.97. The molecule has 0 saturated carbocycles. The van der Waals surface area contributed by atoms with Gasteiger partial charge in [0.1, 0.15) is 91.4 Å². The number of hydrogen-bond acceptors (Lipinski definition) is 20. The minimum absolute atomic E-state index is 0.699. The van der Waals surface area contributed by atoms with Crippen molar-refractivity contribution in [2.75, 3.05) is 19.8 Å². The van der Waals surface area contributed by atoms with Crippen LogP contribution in [0.4, 0.5) is 0 Å². The lowest BCUT2D eigenvalue weighted by molar-refractivity contribution is -0.373. The van der Waals surface area contributed by atoms with Crippen LogP contribution in [-0.4, -0.2) is 211 Å². The van der Waals surface area contributed by atoms with Crippen LogP contribution < -0.4 is 10.6 Å². The van der Waals surface area contributed by atoms with Crippen LogP contribution in [0.25, 0.3) is 0 Å². The van der Waals surface area contributed by atoms with Crippen molar-refractivity contribution >= 4 is 11.8 Å². The molecule has 4 aliphatic heterocycles. The molecule has 13 N–H and O–H groups in total. The molecule has 2 amide bonds. The van der Waals surface area contributed by atoms with E-state index in [0.29, 0.717) is 0 Å².